The molecule has 1 aromatic heterocycles. The highest BCUT2D eigenvalue weighted by Gasteiger charge is 2.30. The number of benzene rings is 1. The fourth-order valence-corrected chi connectivity index (χ4v) is 4.59. The van der Waals surface area contributed by atoms with Gasteiger partial charge in [-0.1, -0.05) is 18.2 Å². The lowest BCUT2D eigenvalue weighted by atomic mass is 10.1. The molecule has 3 rings (SSSR count). The number of nitro groups is 1. The van der Waals surface area contributed by atoms with Gasteiger partial charge >= 0.3 is 0 Å². The van der Waals surface area contributed by atoms with E-state index in [9.17, 15) is 23.3 Å². The lowest BCUT2D eigenvalue weighted by Gasteiger charge is -2.21. The van der Waals surface area contributed by atoms with Crippen LogP contribution in [0.2, 0.25) is 0 Å². The van der Waals surface area contributed by atoms with Crippen LogP contribution in [0.5, 0.6) is 0 Å². The van der Waals surface area contributed by atoms with Gasteiger partial charge in [0.2, 0.25) is 5.91 Å². The highest BCUT2D eigenvalue weighted by molar-refractivity contribution is 7.89. The molecule has 2 aromatic rings. The number of rotatable bonds is 5. The maximum absolute atomic E-state index is 12.7. The topological polar surface area (TPSA) is 119 Å². The fraction of sp³-hybridized carbons (Fsp3) is 0.412. The molecule has 0 radical (unpaired) electrons. The summed E-state index contributed by atoms with van der Waals surface area (Å²) in [4.78, 5) is 28.7. The van der Waals surface area contributed by atoms with E-state index in [-0.39, 0.29) is 42.7 Å². The Morgan fingerprint density at radius 2 is 1.96 bits per heavy atom. The first-order valence-corrected chi connectivity index (χ1v) is 10.2. The normalized spacial score (nSPS) is 16.0. The molecule has 2 heterocycles. The Labute approximate surface area is 162 Å². The first kappa shape index (κ1) is 20.0. The lowest BCUT2D eigenvalue weighted by molar-refractivity contribution is -0.385. The van der Waals surface area contributed by atoms with Crippen molar-refractivity contribution in [1.29, 1.82) is 0 Å². The number of nitro benzene ring substituents is 1. The number of hydrogen-bond acceptors (Lipinski definition) is 6. The summed E-state index contributed by atoms with van der Waals surface area (Å²) in [7, 11) is -2.02. The third-order valence-electron chi connectivity index (χ3n) is 4.62. The molecule has 1 aromatic carbocycles. The minimum absolute atomic E-state index is 0.0188. The van der Waals surface area contributed by atoms with Gasteiger partial charge in [0.25, 0.3) is 15.7 Å². The van der Waals surface area contributed by atoms with Crippen LogP contribution in [0.1, 0.15) is 12.0 Å². The molecule has 150 valence electrons. The van der Waals surface area contributed by atoms with Crippen LogP contribution in [0.25, 0.3) is 0 Å². The van der Waals surface area contributed by atoms with Crippen LogP contribution in [0.15, 0.2) is 41.8 Å². The van der Waals surface area contributed by atoms with Crippen LogP contribution < -0.4 is 0 Å². The van der Waals surface area contributed by atoms with Gasteiger partial charge < -0.3 is 9.47 Å². The van der Waals surface area contributed by atoms with Crippen molar-refractivity contribution in [2.75, 3.05) is 26.2 Å². The SMILES string of the molecule is Cn1cnc(S(=O)(=O)N2CCCN(C(=O)Cc3ccccc3[N+](=O)[O-])CC2)c1. The summed E-state index contributed by atoms with van der Waals surface area (Å²) < 4.78 is 28.3. The summed E-state index contributed by atoms with van der Waals surface area (Å²) >= 11 is 0. The molecule has 0 aliphatic carbocycles. The summed E-state index contributed by atoms with van der Waals surface area (Å²) in [6.45, 7) is 1.06. The van der Waals surface area contributed by atoms with Crippen molar-refractivity contribution in [3.8, 4) is 0 Å². The molecule has 0 saturated carbocycles. The molecule has 1 saturated heterocycles. The fourth-order valence-electron chi connectivity index (χ4n) is 3.15. The molecular formula is C17H21N5O5S. The van der Waals surface area contributed by atoms with Crippen LogP contribution in [-0.4, -0.2) is 64.2 Å². The Morgan fingerprint density at radius 3 is 2.64 bits per heavy atom. The molecule has 10 nitrogen and oxygen atoms in total. The third kappa shape index (κ3) is 4.20. The molecule has 11 heteroatoms. The first-order chi connectivity index (χ1) is 13.3. The van der Waals surface area contributed by atoms with E-state index < -0.39 is 14.9 Å². The predicted octanol–water partition coefficient (Wildman–Crippen LogP) is 0.794. The zero-order valence-electron chi connectivity index (χ0n) is 15.4. The van der Waals surface area contributed by atoms with Gasteiger partial charge in [0, 0.05) is 51.1 Å². The van der Waals surface area contributed by atoms with Gasteiger partial charge in [0.05, 0.1) is 17.7 Å². The Hall–Kier alpha value is -2.79. The zero-order valence-corrected chi connectivity index (χ0v) is 16.2. The minimum atomic E-state index is -3.72. The van der Waals surface area contributed by atoms with Gasteiger partial charge in [-0.05, 0) is 6.42 Å². The van der Waals surface area contributed by atoms with E-state index in [1.165, 1.54) is 22.9 Å². The highest BCUT2D eigenvalue weighted by atomic mass is 32.2. The second-order valence-electron chi connectivity index (χ2n) is 6.58. The van der Waals surface area contributed by atoms with Gasteiger partial charge in [0.1, 0.15) is 0 Å². The Bertz CT molecular complexity index is 987. The quantitative estimate of drug-likeness (QED) is 0.534. The van der Waals surface area contributed by atoms with E-state index in [1.807, 2.05) is 0 Å². The number of para-hydroxylation sites is 1. The monoisotopic (exact) mass is 407 g/mol. The zero-order chi connectivity index (χ0) is 20.3. The molecule has 0 N–H and O–H groups in total. The largest absolute Gasteiger partial charge is 0.341 e. The third-order valence-corrected chi connectivity index (χ3v) is 6.41. The molecule has 1 amide bonds. The smallest absolute Gasteiger partial charge is 0.273 e. The van der Waals surface area contributed by atoms with Crippen LogP contribution in [-0.2, 0) is 28.3 Å². The molecule has 1 aliphatic rings. The first-order valence-electron chi connectivity index (χ1n) is 8.77. The molecule has 28 heavy (non-hydrogen) atoms. The predicted molar refractivity (Wildman–Crippen MR) is 100.0 cm³/mol. The summed E-state index contributed by atoms with van der Waals surface area (Å²) in [6, 6.07) is 6.13. The number of nitrogens with zero attached hydrogens (tertiary/aromatic N) is 5. The number of aryl methyl sites for hydroxylation is 1. The number of aromatic nitrogens is 2. The van der Waals surface area contributed by atoms with Crippen molar-refractivity contribution in [3.05, 3.63) is 52.5 Å². The van der Waals surface area contributed by atoms with Crippen molar-refractivity contribution in [3.63, 3.8) is 0 Å². The second kappa shape index (κ2) is 8.07. The number of imidazole rings is 1. The molecular weight excluding hydrogens is 386 g/mol. The van der Waals surface area contributed by atoms with E-state index in [4.69, 9.17) is 0 Å². The lowest BCUT2D eigenvalue weighted by Crippen LogP contribution is -2.38. The maximum atomic E-state index is 12.7. The van der Waals surface area contributed by atoms with E-state index in [0.29, 0.717) is 18.5 Å². The van der Waals surface area contributed by atoms with Crippen LogP contribution in [0.4, 0.5) is 5.69 Å². The van der Waals surface area contributed by atoms with Gasteiger partial charge in [-0.3, -0.25) is 14.9 Å². The number of sulfonamides is 1. The molecule has 1 aliphatic heterocycles. The number of amides is 1. The van der Waals surface area contributed by atoms with Crippen molar-refractivity contribution in [2.45, 2.75) is 17.9 Å². The van der Waals surface area contributed by atoms with E-state index in [2.05, 4.69) is 4.98 Å². The van der Waals surface area contributed by atoms with E-state index in [1.54, 1.807) is 34.7 Å². The number of carbonyl (C=O) groups is 1. The average molecular weight is 407 g/mol. The number of carbonyl (C=O) groups excluding carboxylic acids is 1. The van der Waals surface area contributed by atoms with Gasteiger partial charge in [0.15, 0.2) is 5.03 Å². The van der Waals surface area contributed by atoms with Crippen LogP contribution >= 0.6 is 0 Å². The summed E-state index contributed by atoms with van der Waals surface area (Å²) in [5.74, 6) is -0.258. The van der Waals surface area contributed by atoms with Crippen LogP contribution in [0.3, 0.4) is 0 Å². The molecule has 1 fully saturated rings. The van der Waals surface area contributed by atoms with Crippen LogP contribution in [0, 0.1) is 10.1 Å². The highest BCUT2D eigenvalue weighted by Crippen LogP contribution is 2.20. The van der Waals surface area contributed by atoms with Gasteiger partial charge in [-0.2, -0.15) is 4.31 Å². The molecule has 0 atom stereocenters. The Kier molecular flexibility index (Phi) is 5.75. The molecule has 0 bridgehead atoms. The second-order valence-corrected chi connectivity index (χ2v) is 8.46. The number of hydrogen-bond donors (Lipinski definition) is 0. The maximum Gasteiger partial charge on any atom is 0.273 e. The summed E-state index contributed by atoms with van der Waals surface area (Å²) in [5, 5.41) is 11.1. The van der Waals surface area contributed by atoms with Gasteiger partial charge in [-0.25, -0.2) is 13.4 Å². The molecule has 0 spiro atoms. The Morgan fingerprint density at radius 1 is 1.21 bits per heavy atom. The summed E-state index contributed by atoms with van der Waals surface area (Å²) in [5.41, 5.74) is 0.254. The minimum Gasteiger partial charge on any atom is -0.341 e. The van der Waals surface area contributed by atoms with Crippen molar-refractivity contribution in [1.82, 2.24) is 18.8 Å². The van der Waals surface area contributed by atoms with E-state index >= 15 is 0 Å². The van der Waals surface area contributed by atoms with Crippen molar-refractivity contribution >= 4 is 21.6 Å². The standard InChI is InChI=1S/C17H21N5O5S/c1-19-12-16(18-13-19)28(26,27)21-8-4-7-20(9-10-21)17(23)11-14-5-2-3-6-15(14)22(24)25/h2-3,5-6,12-13H,4,7-11H2,1H3. The van der Waals surface area contributed by atoms with Gasteiger partial charge in [-0.15, -0.1) is 0 Å². The summed E-state index contributed by atoms with van der Waals surface area (Å²) in [6.07, 6.45) is 3.25. The molecule has 0 unspecified atom stereocenters. The van der Waals surface area contributed by atoms with Crippen molar-refractivity contribution < 1.29 is 18.1 Å². The van der Waals surface area contributed by atoms with E-state index in [0.717, 1.165) is 0 Å². The average Bonchev–Trinajstić information content (AvgIpc) is 2.94. The Balaban J connectivity index is 1.68. The van der Waals surface area contributed by atoms with Crippen molar-refractivity contribution in [2.24, 2.45) is 7.05 Å².